The summed E-state index contributed by atoms with van der Waals surface area (Å²) in [5.41, 5.74) is 0. The zero-order valence-corrected chi connectivity index (χ0v) is 6.77. The largest absolute Gasteiger partial charge is 0.147 e. The van der Waals surface area contributed by atoms with E-state index in [0.717, 1.165) is 0 Å². The normalized spacial score (nSPS) is 0. The Balaban J connectivity index is 0. The van der Waals surface area contributed by atoms with Crippen LogP contribution in [-0.2, 0) is 20.4 Å². The molecule has 1 radical (unpaired) electrons. The second kappa shape index (κ2) is 24.1. The Labute approximate surface area is 57.6 Å². The summed E-state index contributed by atoms with van der Waals surface area (Å²) in [6.07, 6.45) is 0. The van der Waals surface area contributed by atoms with Crippen molar-refractivity contribution in [1.82, 2.24) is 0 Å². The maximum Gasteiger partial charge on any atom is 0 e. The molecule has 0 rings (SSSR count). The summed E-state index contributed by atoms with van der Waals surface area (Å²) in [6.45, 7) is 0. The number of hydrogen-bond donors (Lipinski definition) is 0. The average molecular weight is 296 g/mol. The number of hydrogen-bond acceptors (Lipinski definition) is 0. The van der Waals surface area contributed by atoms with Crippen molar-refractivity contribution in [3.8, 4) is 0 Å². The van der Waals surface area contributed by atoms with E-state index in [1.165, 1.54) is 0 Å². The molecule has 31 valence electrons. The van der Waals surface area contributed by atoms with Crippen molar-refractivity contribution in [2.24, 2.45) is 0 Å². The van der Waals surface area contributed by atoms with Gasteiger partial charge in [0.25, 0.3) is 0 Å². The van der Waals surface area contributed by atoms with E-state index < -0.39 is 0 Å². The van der Waals surface area contributed by atoms with Gasteiger partial charge in [-0.3, -0.25) is 0 Å². The van der Waals surface area contributed by atoms with Crippen LogP contribution < -0.4 is 0 Å². The van der Waals surface area contributed by atoms with Crippen LogP contribution in [0.2, 0.25) is 0 Å². The predicted octanol–water partition coefficient (Wildman–Crippen LogP) is 1.26. The molecule has 0 fully saturated rings. The molecule has 0 saturated carbocycles. The monoisotopic (exact) mass is 295 g/mol. The molecule has 0 N–H and O–H groups in total. The molecule has 0 bridgehead atoms. The van der Waals surface area contributed by atoms with Crippen molar-refractivity contribution in [3.63, 3.8) is 0 Å². The van der Waals surface area contributed by atoms with Gasteiger partial charge in [0.1, 0.15) is 0 Å². The molecular formula is H3Cl3Re. The fourth-order valence-electron chi connectivity index (χ4n) is 0. The van der Waals surface area contributed by atoms with Crippen molar-refractivity contribution in [1.29, 1.82) is 0 Å². The Morgan fingerprint density at radius 2 is 0.500 bits per heavy atom. The van der Waals surface area contributed by atoms with Crippen LogP contribution in [0, 0.1) is 0 Å². The van der Waals surface area contributed by atoms with Gasteiger partial charge >= 0.3 is 0 Å². The first-order valence-corrected chi connectivity index (χ1v) is 0. The van der Waals surface area contributed by atoms with Crippen molar-refractivity contribution in [2.75, 3.05) is 0 Å². The molecule has 0 aromatic heterocycles. The second-order valence-corrected chi connectivity index (χ2v) is 0. The van der Waals surface area contributed by atoms with Crippen LogP contribution in [0.1, 0.15) is 0 Å². The molecule has 0 aromatic carbocycles. The fourth-order valence-corrected chi connectivity index (χ4v) is 0. The van der Waals surface area contributed by atoms with E-state index in [1.54, 1.807) is 0 Å². The fraction of sp³-hybridized carbons (Fsp3) is 0. The van der Waals surface area contributed by atoms with Crippen molar-refractivity contribution in [2.45, 2.75) is 0 Å². The van der Waals surface area contributed by atoms with Gasteiger partial charge in [0, 0.05) is 20.4 Å². The van der Waals surface area contributed by atoms with Gasteiger partial charge in [0.15, 0.2) is 0 Å². The van der Waals surface area contributed by atoms with E-state index in [0.29, 0.717) is 0 Å². The molecule has 0 heterocycles. The summed E-state index contributed by atoms with van der Waals surface area (Å²) >= 11 is 0. The summed E-state index contributed by atoms with van der Waals surface area (Å²) in [5, 5.41) is 0. The maximum atomic E-state index is 0. The molecule has 0 aliphatic heterocycles. The molecule has 0 aliphatic carbocycles. The minimum atomic E-state index is 0. The van der Waals surface area contributed by atoms with Crippen LogP contribution >= 0.6 is 37.2 Å². The van der Waals surface area contributed by atoms with Gasteiger partial charge in [-0.1, -0.05) is 0 Å². The third-order valence-electron chi connectivity index (χ3n) is 0. The summed E-state index contributed by atoms with van der Waals surface area (Å²) in [5.74, 6) is 0. The van der Waals surface area contributed by atoms with Crippen LogP contribution in [0.4, 0.5) is 0 Å². The molecule has 4 heavy (non-hydrogen) atoms. The topological polar surface area (TPSA) is 0 Å². The SMILES string of the molecule is Cl.Cl.Cl.[Re]. The molecule has 0 aromatic rings. The van der Waals surface area contributed by atoms with E-state index in [9.17, 15) is 0 Å². The Bertz CT molecular complexity index is 3.25. The van der Waals surface area contributed by atoms with Gasteiger partial charge in [0.2, 0.25) is 0 Å². The summed E-state index contributed by atoms with van der Waals surface area (Å²) in [4.78, 5) is 0. The van der Waals surface area contributed by atoms with Crippen molar-refractivity contribution < 1.29 is 20.4 Å². The molecule has 0 spiro atoms. The summed E-state index contributed by atoms with van der Waals surface area (Å²) in [6, 6.07) is 0. The Morgan fingerprint density at radius 1 is 0.500 bits per heavy atom. The van der Waals surface area contributed by atoms with Crippen LogP contribution in [0.5, 0.6) is 0 Å². The minimum Gasteiger partial charge on any atom is -0.147 e. The van der Waals surface area contributed by atoms with E-state index in [4.69, 9.17) is 0 Å². The molecule has 4 heteroatoms. The van der Waals surface area contributed by atoms with Crippen LogP contribution in [0.3, 0.4) is 0 Å². The van der Waals surface area contributed by atoms with Crippen LogP contribution in [0.25, 0.3) is 0 Å². The zero-order chi connectivity index (χ0) is 0. The van der Waals surface area contributed by atoms with Gasteiger partial charge in [0.05, 0.1) is 0 Å². The second-order valence-electron chi connectivity index (χ2n) is 0. The van der Waals surface area contributed by atoms with Gasteiger partial charge in [-0.2, -0.15) is 0 Å². The Morgan fingerprint density at radius 3 is 0.500 bits per heavy atom. The van der Waals surface area contributed by atoms with Gasteiger partial charge in [-0.05, 0) is 0 Å². The number of halogens is 3. The third kappa shape index (κ3) is 9.65. The molecule has 0 aliphatic rings. The molecule has 0 saturated heterocycles. The number of rotatable bonds is 0. The first kappa shape index (κ1) is 48.4. The van der Waals surface area contributed by atoms with Crippen molar-refractivity contribution in [3.05, 3.63) is 0 Å². The smallest absolute Gasteiger partial charge is 0 e. The van der Waals surface area contributed by atoms with Gasteiger partial charge in [-0.25, -0.2) is 0 Å². The zero-order valence-electron chi connectivity index (χ0n) is 1.60. The third-order valence-corrected chi connectivity index (χ3v) is 0. The van der Waals surface area contributed by atoms with E-state index in [2.05, 4.69) is 0 Å². The van der Waals surface area contributed by atoms with Gasteiger partial charge in [-0.15, -0.1) is 37.2 Å². The molecule has 0 unspecified atom stereocenters. The average Bonchev–Trinajstić information content (AvgIpc) is 0. The molecule has 0 nitrogen and oxygen atoms in total. The van der Waals surface area contributed by atoms with E-state index in [1.807, 2.05) is 0 Å². The van der Waals surface area contributed by atoms with E-state index >= 15 is 0 Å². The quantitative estimate of drug-likeness (QED) is 0.631. The predicted molar refractivity (Wildman–Crippen MR) is 21.7 cm³/mol. The Hall–Kier alpha value is 1.53. The minimum absolute atomic E-state index is 0. The standard InChI is InChI=1S/3ClH.Re/h3*1H;. The first-order chi connectivity index (χ1) is 0. The van der Waals surface area contributed by atoms with Crippen molar-refractivity contribution >= 4 is 37.2 Å². The van der Waals surface area contributed by atoms with E-state index in [-0.39, 0.29) is 57.6 Å². The summed E-state index contributed by atoms with van der Waals surface area (Å²) in [7, 11) is 0. The molecule has 0 amide bonds. The molecular weight excluding hydrogens is 293 g/mol. The Kier molecular flexibility index (Phi) is 291. The van der Waals surface area contributed by atoms with Crippen LogP contribution in [0.15, 0.2) is 0 Å². The molecule has 0 atom stereocenters. The van der Waals surface area contributed by atoms with Gasteiger partial charge < -0.3 is 0 Å². The maximum absolute atomic E-state index is 0. The summed E-state index contributed by atoms with van der Waals surface area (Å²) < 4.78 is 0. The van der Waals surface area contributed by atoms with Crippen LogP contribution in [-0.4, -0.2) is 0 Å². The first-order valence-electron chi connectivity index (χ1n) is 0.